The van der Waals surface area contributed by atoms with Crippen molar-refractivity contribution in [2.24, 2.45) is 0 Å². The molecule has 2 aromatic carbocycles. The Balaban J connectivity index is 1.77. The van der Waals surface area contributed by atoms with Crippen LogP contribution < -0.4 is 9.47 Å². The molecule has 1 aliphatic rings. The zero-order valence-electron chi connectivity index (χ0n) is 13.3. The zero-order valence-corrected chi connectivity index (χ0v) is 14.8. The largest absolute Gasteiger partial charge is 0.492 e. The Morgan fingerprint density at radius 3 is 2.75 bits per heavy atom. The van der Waals surface area contributed by atoms with E-state index in [1.54, 1.807) is 31.2 Å². The van der Waals surface area contributed by atoms with Crippen molar-refractivity contribution in [3.63, 3.8) is 0 Å². The molecule has 0 aromatic heterocycles. The summed E-state index contributed by atoms with van der Waals surface area (Å²) in [4.78, 5) is 12.0. The molecule has 0 bridgehead atoms. The van der Waals surface area contributed by atoms with Crippen LogP contribution in [0.2, 0.25) is 10.0 Å². The van der Waals surface area contributed by atoms with Crippen LogP contribution in [0.3, 0.4) is 0 Å². The van der Waals surface area contributed by atoms with E-state index in [-0.39, 0.29) is 12.6 Å². The summed E-state index contributed by atoms with van der Waals surface area (Å²) in [5.74, 6) is 0.944. The van der Waals surface area contributed by atoms with Crippen LogP contribution in [-0.2, 0) is 21.6 Å². The third kappa shape index (κ3) is 3.04. The Bertz CT molecular complexity index is 791. The highest BCUT2D eigenvalue weighted by atomic mass is 35.5. The molecule has 1 unspecified atom stereocenters. The molecule has 24 heavy (non-hydrogen) atoms. The number of benzene rings is 2. The molecule has 126 valence electrons. The fraction of sp³-hybridized carbons (Fsp3) is 0.278. The summed E-state index contributed by atoms with van der Waals surface area (Å²) in [5, 5.41) is 1.13. The number of carbonyl (C=O) groups is 1. The van der Waals surface area contributed by atoms with Gasteiger partial charge >= 0.3 is 5.97 Å². The van der Waals surface area contributed by atoms with Crippen molar-refractivity contribution in [2.45, 2.75) is 18.9 Å². The molecule has 0 saturated heterocycles. The van der Waals surface area contributed by atoms with E-state index in [4.69, 9.17) is 37.4 Å². The van der Waals surface area contributed by atoms with E-state index < -0.39 is 5.41 Å². The topological polar surface area (TPSA) is 44.8 Å². The zero-order chi connectivity index (χ0) is 17.3. The van der Waals surface area contributed by atoms with Crippen LogP contribution in [0.1, 0.15) is 18.1 Å². The smallest absolute Gasteiger partial charge is 0.319 e. The van der Waals surface area contributed by atoms with Gasteiger partial charge in [0.15, 0.2) is 0 Å². The first-order valence-electron chi connectivity index (χ1n) is 7.36. The Labute approximate surface area is 150 Å². The molecule has 2 aromatic rings. The number of fused-ring (bicyclic) bond motifs is 1. The van der Waals surface area contributed by atoms with Crippen LogP contribution in [0.25, 0.3) is 0 Å². The van der Waals surface area contributed by atoms with Gasteiger partial charge in [-0.2, -0.15) is 0 Å². The van der Waals surface area contributed by atoms with Gasteiger partial charge in [-0.25, -0.2) is 0 Å². The van der Waals surface area contributed by atoms with Crippen LogP contribution in [0.15, 0.2) is 36.4 Å². The van der Waals surface area contributed by atoms with Crippen LogP contribution in [0, 0.1) is 0 Å². The highest BCUT2D eigenvalue weighted by molar-refractivity contribution is 6.35. The van der Waals surface area contributed by atoms with Crippen molar-refractivity contribution in [3.8, 4) is 11.5 Å². The van der Waals surface area contributed by atoms with Gasteiger partial charge in [0, 0.05) is 27.2 Å². The predicted molar refractivity (Wildman–Crippen MR) is 92.1 cm³/mol. The summed E-state index contributed by atoms with van der Waals surface area (Å²) >= 11 is 12.0. The van der Waals surface area contributed by atoms with Gasteiger partial charge < -0.3 is 14.2 Å². The average Bonchev–Trinajstić information content (AvgIpc) is 2.91. The summed E-state index contributed by atoms with van der Waals surface area (Å²) < 4.78 is 16.3. The van der Waals surface area contributed by atoms with E-state index >= 15 is 0 Å². The Morgan fingerprint density at radius 1 is 1.25 bits per heavy atom. The minimum absolute atomic E-state index is 0.251. The number of hydrogen-bond acceptors (Lipinski definition) is 4. The number of ether oxygens (including phenoxy) is 3. The van der Waals surface area contributed by atoms with E-state index in [0.29, 0.717) is 28.2 Å². The fourth-order valence-corrected chi connectivity index (χ4v) is 3.12. The molecule has 1 aliphatic heterocycles. The monoisotopic (exact) mass is 366 g/mol. The summed E-state index contributed by atoms with van der Waals surface area (Å²) in [6, 6.07) is 10.7. The molecule has 0 spiro atoms. The number of methoxy groups -OCH3 is 1. The number of esters is 1. The number of hydrogen-bond donors (Lipinski definition) is 0. The van der Waals surface area contributed by atoms with Crippen LogP contribution in [0.5, 0.6) is 11.5 Å². The molecule has 1 heterocycles. The molecule has 0 N–H and O–H groups in total. The minimum atomic E-state index is -0.790. The third-order valence-electron chi connectivity index (χ3n) is 4.11. The van der Waals surface area contributed by atoms with Gasteiger partial charge in [-0.05, 0) is 25.1 Å². The Kier molecular flexibility index (Phi) is 4.61. The van der Waals surface area contributed by atoms with Crippen LogP contribution in [0.4, 0.5) is 0 Å². The molecule has 0 fully saturated rings. The molecule has 0 aliphatic carbocycles. The molecule has 0 amide bonds. The highest BCUT2D eigenvalue weighted by Gasteiger charge is 2.44. The molecule has 0 saturated carbocycles. The fourth-order valence-electron chi connectivity index (χ4n) is 2.66. The lowest BCUT2D eigenvalue weighted by Gasteiger charge is -2.19. The summed E-state index contributed by atoms with van der Waals surface area (Å²) in [6.07, 6.45) is 0. The minimum Gasteiger partial charge on any atom is -0.492 e. The summed E-state index contributed by atoms with van der Waals surface area (Å²) in [7, 11) is 1.37. The first kappa shape index (κ1) is 16.9. The van der Waals surface area contributed by atoms with Gasteiger partial charge in [0.1, 0.15) is 30.1 Å². The Hall–Kier alpha value is -1.91. The quantitative estimate of drug-likeness (QED) is 0.752. The van der Waals surface area contributed by atoms with Crippen molar-refractivity contribution < 1.29 is 19.0 Å². The number of rotatable bonds is 4. The highest BCUT2D eigenvalue weighted by Crippen LogP contribution is 2.41. The molecule has 6 heteroatoms. The van der Waals surface area contributed by atoms with Crippen molar-refractivity contribution in [1.29, 1.82) is 0 Å². The van der Waals surface area contributed by atoms with E-state index in [9.17, 15) is 4.79 Å². The standard InChI is InChI=1S/C18H16Cl2O4/c1-18(17(21)22-2)10-24-16-8-13(5-6-14(16)18)23-9-11-3-4-12(19)7-15(11)20/h3-8H,9-10H2,1-2H3. The Morgan fingerprint density at radius 2 is 2.04 bits per heavy atom. The van der Waals surface area contributed by atoms with Crippen molar-refractivity contribution in [2.75, 3.05) is 13.7 Å². The van der Waals surface area contributed by atoms with E-state index in [2.05, 4.69) is 0 Å². The summed E-state index contributed by atoms with van der Waals surface area (Å²) in [6.45, 7) is 2.36. The molecule has 4 nitrogen and oxygen atoms in total. The van der Waals surface area contributed by atoms with Crippen LogP contribution >= 0.6 is 23.2 Å². The first-order chi connectivity index (χ1) is 11.4. The van der Waals surface area contributed by atoms with Gasteiger partial charge in [0.2, 0.25) is 0 Å². The molecule has 3 rings (SSSR count). The van der Waals surface area contributed by atoms with Gasteiger partial charge in [-0.15, -0.1) is 0 Å². The van der Waals surface area contributed by atoms with E-state index in [1.807, 2.05) is 12.1 Å². The summed E-state index contributed by atoms with van der Waals surface area (Å²) in [5.41, 5.74) is 0.843. The van der Waals surface area contributed by atoms with Crippen molar-refractivity contribution >= 4 is 29.2 Å². The van der Waals surface area contributed by atoms with Gasteiger partial charge in [0.05, 0.1) is 7.11 Å². The normalized spacial score (nSPS) is 18.7. The van der Waals surface area contributed by atoms with Crippen molar-refractivity contribution in [3.05, 3.63) is 57.6 Å². The predicted octanol–water partition coefficient (Wildman–Crippen LogP) is 4.40. The third-order valence-corrected chi connectivity index (χ3v) is 4.70. The second-order valence-electron chi connectivity index (χ2n) is 5.79. The lowest BCUT2D eigenvalue weighted by atomic mass is 9.85. The second-order valence-corrected chi connectivity index (χ2v) is 6.64. The number of halogens is 2. The lowest BCUT2D eigenvalue weighted by molar-refractivity contribution is -0.147. The van der Waals surface area contributed by atoms with Crippen LogP contribution in [-0.4, -0.2) is 19.7 Å². The van der Waals surface area contributed by atoms with Gasteiger partial charge in [-0.3, -0.25) is 4.79 Å². The maximum atomic E-state index is 12.0. The van der Waals surface area contributed by atoms with Gasteiger partial charge in [-0.1, -0.05) is 35.3 Å². The van der Waals surface area contributed by atoms with Crippen molar-refractivity contribution in [1.82, 2.24) is 0 Å². The molecule has 0 radical (unpaired) electrons. The first-order valence-corrected chi connectivity index (χ1v) is 8.12. The average molecular weight is 367 g/mol. The maximum Gasteiger partial charge on any atom is 0.319 e. The lowest BCUT2D eigenvalue weighted by Crippen LogP contribution is -2.35. The molecule has 1 atom stereocenters. The maximum absolute atomic E-state index is 12.0. The molecular weight excluding hydrogens is 351 g/mol. The van der Waals surface area contributed by atoms with Gasteiger partial charge in [0.25, 0.3) is 0 Å². The second kappa shape index (κ2) is 6.54. The van der Waals surface area contributed by atoms with E-state index in [0.717, 1.165) is 11.1 Å². The number of carbonyl (C=O) groups excluding carboxylic acids is 1. The molecular formula is C18H16Cl2O4. The van der Waals surface area contributed by atoms with E-state index in [1.165, 1.54) is 7.11 Å². The SMILES string of the molecule is COC(=O)C1(C)COc2cc(OCc3ccc(Cl)cc3Cl)ccc21.